The van der Waals surface area contributed by atoms with Gasteiger partial charge in [0.05, 0.1) is 38.9 Å². The van der Waals surface area contributed by atoms with Crippen LogP contribution in [0, 0.1) is 0 Å². The fraction of sp³-hybridized carbons (Fsp3) is 0.226. The van der Waals surface area contributed by atoms with Gasteiger partial charge in [0.2, 0.25) is 27.2 Å². The summed E-state index contributed by atoms with van der Waals surface area (Å²) in [6.07, 6.45) is 3.97. The fourth-order valence-corrected chi connectivity index (χ4v) is 10.5. The van der Waals surface area contributed by atoms with E-state index in [1.165, 1.54) is 31.0 Å². The summed E-state index contributed by atoms with van der Waals surface area (Å²) in [6.45, 7) is 13.0. The van der Waals surface area contributed by atoms with Gasteiger partial charge in [0, 0.05) is 60.9 Å². The SMILES string of the molecule is CCN(CC)c1ccc(/N=N/c2ncc(/C=C(\C(C)=O)C(=O)Nc3ccccc3)s2)c(Nc2nc(Nc3cc(N(CC)CC)ccc3/N=N/c3nc(S(=O)(=O)O)c(/C=C(/C(C)=O)C(=O)Nc4ccccc4)s3)nc(SCCO)n2)c1. The number of Topliss-reactive ketones (excluding diaryl/α,β-unsaturated/α-hetero) is 2. The minimum Gasteiger partial charge on any atom is -0.396 e. The predicted molar refractivity (Wildman–Crippen MR) is 314 cm³/mol. The Morgan fingerprint density at radius 1 is 0.637 bits per heavy atom. The molecule has 7 rings (SSSR count). The third kappa shape index (κ3) is 16.1. The lowest BCUT2D eigenvalue weighted by Crippen LogP contribution is -2.21. The number of carbonyl (C=O) groups is 4. The highest BCUT2D eigenvalue weighted by Gasteiger charge is 2.25. The molecular formula is C53H55N15O8S4. The average Bonchev–Trinajstić information content (AvgIpc) is 4.08. The highest BCUT2D eigenvalue weighted by atomic mass is 32.2. The second-order valence-electron chi connectivity index (χ2n) is 16.8. The van der Waals surface area contributed by atoms with Crippen LogP contribution in [0.3, 0.4) is 0 Å². The van der Waals surface area contributed by atoms with Gasteiger partial charge in [-0.15, -0.1) is 20.5 Å². The van der Waals surface area contributed by atoms with E-state index in [4.69, 9.17) is 4.98 Å². The molecule has 0 atom stereocenters. The van der Waals surface area contributed by atoms with E-state index in [0.29, 0.717) is 70.8 Å². The molecule has 0 saturated carbocycles. The molecule has 414 valence electrons. The Morgan fingerprint density at radius 3 is 1.59 bits per heavy atom. The Labute approximate surface area is 473 Å². The highest BCUT2D eigenvalue weighted by Crippen LogP contribution is 2.38. The van der Waals surface area contributed by atoms with Crippen molar-refractivity contribution in [3.63, 3.8) is 0 Å². The minimum absolute atomic E-state index is 0.0470. The molecule has 4 aromatic carbocycles. The van der Waals surface area contributed by atoms with Crippen LogP contribution in [0.4, 0.5) is 67.7 Å². The van der Waals surface area contributed by atoms with Crippen molar-refractivity contribution in [2.75, 3.05) is 69.6 Å². The number of thioether (sulfide) groups is 1. The van der Waals surface area contributed by atoms with Crippen LogP contribution in [-0.2, 0) is 29.3 Å². The molecule has 0 aliphatic heterocycles. The summed E-state index contributed by atoms with van der Waals surface area (Å²) < 4.78 is 35.4. The first-order chi connectivity index (χ1) is 38.5. The van der Waals surface area contributed by atoms with Crippen LogP contribution in [0.15, 0.2) is 145 Å². The summed E-state index contributed by atoms with van der Waals surface area (Å²) in [7, 11) is -5.00. The second kappa shape index (κ2) is 27.9. The van der Waals surface area contributed by atoms with Crippen molar-refractivity contribution < 1.29 is 37.3 Å². The third-order valence-electron chi connectivity index (χ3n) is 11.4. The zero-order chi connectivity index (χ0) is 57.3. The van der Waals surface area contributed by atoms with E-state index in [1.807, 2.05) is 52.0 Å². The van der Waals surface area contributed by atoms with Gasteiger partial charge < -0.3 is 36.2 Å². The second-order valence-corrected chi connectivity index (χ2v) is 21.2. The van der Waals surface area contributed by atoms with Crippen LogP contribution in [0.25, 0.3) is 12.2 Å². The molecule has 80 heavy (non-hydrogen) atoms. The molecule has 0 saturated heterocycles. The van der Waals surface area contributed by atoms with Crippen LogP contribution in [0.1, 0.15) is 51.3 Å². The summed E-state index contributed by atoms with van der Waals surface area (Å²) in [5.74, 6) is -2.12. The minimum atomic E-state index is -5.00. The topological polar surface area (TPSA) is 311 Å². The first kappa shape index (κ1) is 59.2. The van der Waals surface area contributed by atoms with Gasteiger partial charge in [-0.1, -0.05) is 70.8 Å². The molecule has 2 amide bonds. The van der Waals surface area contributed by atoms with Gasteiger partial charge in [-0.3, -0.25) is 23.7 Å². The summed E-state index contributed by atoms with van der Waals surface area (Å²) in [6, 6.07) is 28.0. The number of para-hydroxylation sites is 2. The molecule has 7 aromatic rings. The Balaban J connectivity index is 1.23. The molecule has 0 fully saturated rings. The summed E-state index contributed by atoms with van der Waals surface area (Å²) in [5.41, 5.74) is 3.50. The predicted octanol–water partition coefficient (Wildman–Crippen LogP) is 11.3. The fourth-order valence-electron chi connectivity index (χ4n) is 7.48. The molecule has 0 unspecified atom stereocenters. The van der Waals surface area contributed by atoms with E-state index >= 15 is 0 Å². The van der Waals surface area contributed by atoms with Gasteiger partial charge in [0.1, 0.15) is 11.4 Å². The number of hydrogen-bond donors (Lipinski definition) is 6. The molecule has 0 spiro atoms. The van der Waals surface area contributed by atoms with E-state index in [1.54, 1.807) is 72.8 Å². The van der Waals surface area contributed by atoms with Gasteiger partial charge in [0.25, 0.3) is 11.8 Å². The lowest BCUT2D eigenvalue weighted by molar-refractivity contribution is -0.120. The van der Waals surface area contributed by atoms with Crippen LogP contribution in [-0.4, -0.2) is 105 Å². The number of nitrogens with one attached hydrogen (secondary N) is 4. The van der Waals surface area contributed by atoms with Gasteiger partial charge in [-0.25, -0.2) is 9.97 Å². The third-order valence-corrected chi connectivity index (χ3v) is 14.8. The molecule has 23 nitrogen and oxygen atoms in total. The first-order valence-electron chi connectivity index (χ1n) is 24.8. The number of anilines is 8. The molecule has 3 aromatic heterocycles. The molecule has 0 radical (unpaired) electrons. The van der Waals surface area contributed by atoms with E-state index in [-0.39, 0.29) is 55.8 Å². The number of nitrogens with zero attached hydrogens (tertiary/aromatic N) is 11. The lowest BCUT2D eigenvalue weighted by atomic mass is 10.1. The number of rotatable bonds is 26. The number of amides is 2. The standard InChI is InChI=1S/C53H55N15O8S4/c1-7-67(8-2)36-21-23-41(63-65-51-54-31-38(78-51)29-39(32(5)70)46(72)55-34-17-13-11-14-18-34)43(27-36)57-49-60-50(62-52(61-49)77-26-25-69)58-44-28-37(68(9-3)10-4)22-24-42(44)64-66-53-59-48(80(74,75)76)45(79-53)30-40(33(6)71)47(73)56-35-19-15-12-16-20-35/h11-24,27-31,69H,7-10,25-26H2,1-6H3,(H,55,72)(H,56,73)(H,74,75,76)(H2,57,58,60,61,62)/b39-29+,40-30-,65-63+,66-64+. The molecule has 0 aliphatic rings. The molecular weight excluding hydrogens is 1100 g/mol. The summed E-state index contributed by atoms with van der Waals surface area (Å²) in [4.78, 5) is 78.6. The number of aliphatic hydroxyl groups excluding tert-OH is 1. The van der Waals surface area contributed by atoms with E-state index in [2.05, 4.69) is 71.5 Å². The Bertz CT molecular complexity index is 3600. The van der Waals surface area contributed by atoms with Crippen LogP contribution in [0.5, 0.6) is 0 Å². The van der Waals surface area contributed by atoms with Crippen molar-refractivity contribution in [2.45, 2.75) is 51.7 Å². The highest BCUT2D eigenvalue weighted by molar-refractivity contribution is 7.99. The monoisotopic (exact) mass is 1160 g/mol. The molecule has 0 bridgehead atoms. The Morgan fingerprint density at radius 2 is 1.12 bits per heavy atom. The lowest BCUT2D eigenvalue weighted by Gasteiger charge is -2.22. The van der Waals surface area contributed by atoms with Crippen molar-refractivity contribution >= 4 is 148 Å². The van der Waals surface area contributed by atoms with Gasteiger partial charge in [-0.2, -0.15) is 23.4 Å². The van der Waals surface area contributed by atoms with Crippen molar-refractivity contribution in [3.8, 4) is 0 Å². The number of carbonyl (C=O) groups excluding carboxylic acids is 4. The summed E-state index contributed by atoms with van der Waals surface area (Å²) >= 11 is 2.96. The van der Waals surface area contributed by atoms with E-state index in [0.717, 1.165) is 35.7 Å². The maximum Gasteiger partial charge on any atom is 0.313 e. The zero-order valence-electron chi connectivity index (χ0n) is 44.1. The molecule has 6 N–H and O–H groups in total. The molecule has 27 heteroatoms. The largest absolute Gasteiger partial charge is 0.396 e. The quantitative estimate of drug-likeness (QED) is 0.00733. The Kier molecular flexibility index (Phi) is 20.7. The number of ketones is 2. The molecule has 3 heterocycles. The normalized spacial score (nSPS) is 11.9. The van der Waals surface area contributed by atoms with Gasteiger partial charge in [-0.05, 0) is 114 Å². The smallest absolute Gasteiger partial charge is 0.313 e. The average molecular weight is 1160 g/mol. The number of benzene rings is 4. The number of hydrogen-bond acceptors (Lipinski definition) is 23. The van der Waals surface area contributed by atoms with Crippen molar-refractivity contribution in [1.82, 2.24) is 24.9 Å². The van der Waals surface area contributed by atoms with Gasteiger partial charge in [0.15, 0.2) is 16.7 Å². The van der Waals surface area contributed by atoms with Crippen molar-refractivity contribution in [1.29, 1.82) is 0 Å². The number of aliphatic hydroxyl groups is 1. The number of aromatic nitrogens is 5. The van der Waals surface area contributed by atoms with Crippen molar-refractivity contribution in [2.24, 2.45) is 20.5 Å². The van der Waals surface area contributed by atoms with E-state index < -0.39 is 44.1 Å². The molecule has 0 aliphatic carbocycles. The first-order valence-corrected chi connectivity index (χ1v) is 28.8. The summed E-state index contributed by atoms with van der Waals surface area (Å²) in [5, 5.41) is 38.8. The van der Waals surface area contributed by atoms with Gasteiger partial charge >= 0.3 is 10.1 Å². The van der Waals surface area contributed by atoms with E-state index in [9.17, 15) is 37.3 Å². The van der Waals surface area contributed by atoms with Crippen LogP contribution >= 0.6 is 34.4 Å². The maximum atomic E-state index is 13.2. The number of azo groups is 2. The van der Waals surface area contributed by atoms with Crippen molar-refractivity contribution in [3.05, 3.63) is 124 Å². The zero-order valence-corrected chi connectivity index (χ0v) is 47.4. The Hall–Kier alpha value is -8.47. The maximum absolute atomic E-state index is 13.2. The van der Waals surface area contributed by atoms with Crippen LogP contribution in [0.2, 0.25) is 0 Å². The number of thiazole rings is 2. The van der Waals surface area contributed by atoms with Crippen LogP contribution < -0.4 is 31.1 Å².